The van der Waals surface area contributed by atoms with Crippen LogP contribution in [0.25, 0.3) is 17.2 Å². The lowest BCUT2D eigenvalue weighted by atomic mass is 9.98. The van der Waals surface area contributed by atoms with Gasteiger partial charge in [0.1, 0.15) is 12.4 Å². The molecular weight excluding hydrogens is 386 g/mol. The number of alkyl carbamates (subject to hydrolysis) is 1. The fourth-order valence-corrected chi connectivity index (χ4v) is 3.91. The Morgan fingerprint density at radius 1 is 0.968 bits per heavy atom. The maximum atomic E-state index is 12.2. The van der Waals surface area contributed by atoms with Gasteiger partial charge in [-0.1, -0.05) is 79.7 Å². The molecule has 1 aliphatic carbocycles. The molecule has 0 heterocycles. The first-order valence-corrected chi connectivity index (χ1v) is 10.7. The molecule has 1 N–H and O–H groups in total. The smallest absolute Gasteiger partial charge is 0.407 e. The predicted octanol–water partition coefficient (Wildman–Crippen LogP) is 6.03. The van der Waals surface area contributed by atoms with Crippen molar-refractivity contribution in [2.24, 2.45) is 0 Å². The standard InChI is InChI=1S/C27H27NO3/c1-2-17-30-21-11-7-9-20(18-21)10-8-16-28-27(29)31-19-26-24-14-5-3-12-22(24)23-13-4-6-15-25(23)26/h3-15,18,26H,2,16-17,19H2,1H3,(H,28,29). The van der Waals surface area contributed by atoms with E-state index in [-0.39, 0.29) is 5.92 Å². The second-order valence-electron chi connectivity index (χ2n) is 7.53. The highest BCUT2D eigenvalue weighted by Crippen LogP contribution is 2.44. The quantitative estimate of drug-likeness (QED) is 0.491. The SMILES string of the molecule is CCCOc1cccc(C=CCNC(=O)OCC2c3ccccc3-c3ccccc32)c1. The summed E-state index contributed by atoms with van der Waals surface area (Å²) >= 11 is 0. The van der Waals surface area contributed by atoms with Crippen LogP contribution in [0.5, 0.6) is 5.75 Å². The Morgan fingerprint density at radius 3 is 2.39 bits per heavy atom. The Hall–Kier alpha value is -3.53. The molecule has 0 saturated heterocycles. The highest BCUT2D eigenvalue weighted by molar-refractivity contribution is 5.79. The number of benzene rings is 3. The van der Waals surface area contributed by atoms with E-state index < -0.39 is 6.09 Å². The highest BCUT2D eigenvalue weighted by Gasteiger charge is 2.28. The molecule has 3 aromatic rings. The molecule has 1 amide bonds. The van der Waals surface area contributed by atoms with Crippen molar-refractivity contribution in [2.75, 3.05) is 19.8 Å². The average Bonchev–Trinajstić information content (AvgIpc) is 3.13. The van der Waals surface area contributed by atoms with Crippen molar-refractivity contribution in [3.63, 3.8) is 0 Å². The Labute approximate surface area is 183 Å². The largest absolute Gasteiger partial charge is 0.494 e. The molecule has 0 radical (unpaired) electrons. The van der Waals surface area contributed by atoms with Crippen LogP contribution in [0.1, 0.15) is 36.0 Å². The summed E-state index contributed by atoms with van der Waals surface area (Å²) in [6, 6.07) is 24.5. The van der Waals surface area contributed by atoms with Gasteiger partial charge in [0.05, 0.1) is 6.61 Å². The number of amides is 1. The van der Waals surface area contributed by atoms with E-state index in [2.05, 4.69) is 36.5 Å². The molecule has 1 aliphatic rings. The van der Waals surface area contributed by atoms with E-state index in [9.17, 15) is 4.79 Å². The molecule has 4 heteroatoms. The van der Waals surface area contributed by atoms with Gasteiger partial charge in [-0.25, -0.2) is 4.79 Å². The molecule has 0 atom stereocenters. The van der Waals surface area contributed by atoms with Gasteiger partial charge in [-0.3, -0.25) is 0 Å². The summed E-state index contributed by atoms with van der Waals surface area (Å²) in [4.78, 5) is 12.2. The Morgan fingerprint density at radius 2 is 1.68 bits per heavy atom. The number of carbonyl (C=O) groups excluding carboxylic acids is 1. The number of ether oxygens (including phenoxy) is 2. The van der Waals surface area contributed by atoms with Crippen LogP contribution in [-0.2, 0) is 4.74 Å². The van der Waals surface area contributed by atoms with Crippen molar-refractivity contribution < 1.29 is 14.3 Å². The third kappa shape index (κ3) is 4.97. The summed E-state index contributed by atoms with van der Waals surface area (Å²) in [6.07, 6.45) is 4.43. The number of fused-ring (bicyclic) bond motifs is 3. The van der Waals surface area contributed by atoms with Crippen molar-refractivity contribution in [3.8, 4) is 16.9 Å². The first-order chi connectivity index (χ1) is 15.3. The summed E-state index contributed by atoms with van der Waals surface area (Å²) in [6.45, 7) is 3.51. The average molecular weight is 414 g/mol. The van der Waals surface area contributed by atoms with Crippen LogP contribution in [0.2, 0.25) is 0 Å². The van der Waals surface area contributed by atoms with Crippen molar-refractivity contribution in [1.29, 1.82) is 0 Å². The molecule has 0 saturated carbocycles. The van der Waals surface area contributed by atoms with Crippen LogP contribution < -0.4 is 10.1 Å². The molecule has 0 fully saturated rings. The number of nitrogens with one attached hydrogen (secondary N) is 1. The highest BCUT2D eigenvalue weighted by atomic mass is 16.5. The normalized spacial score (nSPS) is 12.4. The van der Waals surface area contributed by atoms with Gasteiger partial charge >= 0.3 is 6.09 Å². The summed E-state index contributed by atoms with van der Waals surface area (Å²) in [5.74, 6) is 0.924. The minimum atomic E-state index is -0.411. The van der Waals surface area contributed by atoms with Gasteiger partial charge < -0.3 is 14.8 Å². The van der Waals surface area contributed by atoms with E-state index in [1.165, 1.54) is 22.3 Å². The maximum absolute atomic E-state index is 12.2. The molecule has 158 valence electrons. The van der Waals surface area contributed by atoms with Crippen LogP contribution in [0.3, 0.4) is 0 Å². The Bertz CT molecular complexity index is 1030. The predicted molar refractivity (Wildman–Crippen MR) is 124 cm³/mol. The monoisotopic (exact) mass is 413 g/mol. The fourth-order valence-electron chi connectivity index (χ4n) is 3.91. The number of hydrogen-bond donors (Lipinski definition) is 1. The Kier molecular flexibility index (Phi) is 6.68. The lowest BCUT2D eigenvalue weighted by Crippen LogP contribution is -2.26. The zero-order valence-corrected chi connectivity index (χ0v) is 17.7. The van der Waals surface area contributed by atoms with E-state index in [0.29, 0.717) is 19.8 Å². The van der Waals surface area contributed by atoms with E-state index >= 15 is 0 Å². The summed E-state index contributed by atoms with van der Waals surface area (Å²) < 4.78 is 11.2. The van der Waals surface area contributed by atoms with E-state index in [0.717, 1.165) is 17.7 Å². The van der Waals surface area contributed by atoms with Crippen molar-refractivity contribution >= 4 is 12.2 Å². The molecule has 4 nitrogen and oxygen atoms in total. The third-order valence-corrected chi connectivity index (χ3v) is 5.35. The molecule has 0 bridgehead atoms. The van der Waals surface area contributed by atoms with Crippen molar-refractivity contribution in [1.82, 2.24) is 5.32 Å². The number of hydrogen-bond acceptors (Lipinski definition) is 3. The summed E-state index contributed by atoms with van der Waals surface area (Å²) in [7, 11) is 0. The van der Waals surface area contributed by atoms with E-state index in [4.69, 9.17) is 9.47 Å². The molecule has 4 rings (SSSR count). The molecular formula is C27H27NO3. The Balaban J connectivity index is 1.29. The van der Waals surface area contributed by atoms with Gasteiger partial charge in [0.2, 0.25) is 0 Å². The molecule has 0 unspecified atom stereocenters. The lowest BCUT2D eigenvalue weighted by molar-refractivity contribution is 0.144. The van der Waals surface area contributed by atoms with Gasteiger partial charge in [-0.05, 0) is 46.4 Å². The van der Waals surface area contributed by atoms with E-state index in [1.54, 1.807) is 0 Å². The van der Waals surface area contributed by atoms with Crippen LogP contribution >= 0.6 is 0 Å². The molecule has 3 aromatic carbocycles. The first kappa shape index (κ1) is 20.7. The first-order valence-electron chi connectivity index (χ1n) is 10.7. The zero-order valence-electron chi connectivity index (χ0n) is 17.7. The maximum Gasteiger partial charge on any atom is 0.407 e. The van der Waals surface area contributed by atoms with Crippen LogP contribution in [0.4, 0.5) is 4.79 Å². The molecule has 0 spiro atoms. The van der Waals surface area contributed by atoms with Gasteiger partial charge in [0.15, 0.2) is 0 Å². The summed E-state index contributed by atoms with van der Waals surface area (Å²) in [5, 5.41) is 2.79. The second-order valence-corrected chi connectivity index (χ2v) is 7.53. The number of carbonyl (C=O) groups is 1. The van der Waals surface area contributed by atoms with Crippen LogP contribution in [-0.4, -0.2) is 25.9 Å². The van der Waals surface area contributed by atoms with Crippen molar-refractivity contribution in [2.45, 2.75) is 19.3 Å². The van der Waals surface area contributed by atoms with Crippen LogP contribution in [0, 0.1) is 0 Å². The van der Waals surface area contributed by atoms with Gasteiger partial charge in [0.25, 0.3) is 0 Å². The lowest BCUT2D eigenvalue weighted by Gasteiger charge is -2.14. The number of rotatable bonds is 8. The minimum absolute atomic E-state index is 0.0690. The van der Waals surface area contributed by atoms with E-state index in [1.807, 2.05) is 60.7 Å². The fraction of sp³-hybridized carbons (Fsp3) is 0.222. The van der Waals surface area contributed by atoms with Crippen molar-refractivity contribution in [3.05, 3.63) is 95.6 Å². The molecule has 31 heavy (non-hydrogen) atoms. The topological polar surface area (TPSA) is 47.6 Å². The van der Waals surface area contributed by atoms with Gasteiger partial charge in [0, 0.05) is 12.5 Å². The van der Waals surface area contributed by atoms with Crippen LogP contribution in [0.15, 0.2) is 78.9 Å². The molecule has 0 aliphatic heterocycles. The van der Waals surface area contributed by atoms with Gasteiger partial charge in [-0.2, -0.15) is 0 Å². The minimum Gasteiger partial charge on any atom is -0.494 e. The molecule has 0 aromatic heterocycles. The van der Waals surface area contributed by atoms with Gasteiger partial charge in [-0.15, -0.1) is 0 Å². The second kappa shape index (κ2) is 9.98. The third-order valence-electron chi connectivity index (χ3n) is 5.35. The summed E-state index contributed by atoms with van der Waals surface area (Å²) in [5.41, 5.74) is 5.89. The zero-order chi connectivity index (χ0) is 21.5.